The van der Waals surface area contributed by atoms with Gasteiger partial charge in [-0.15, -0.1) is 0 Å². The standard InChI is InChI=1S/C28H50O3S.H3N/c1-3-5-7-9-11-13-15-17-19-21-26-23-24-28(32(29,30)31)27(25-26)22-20-18-16-14-12-10-8-6-4-2;/h23-25H,3-22H2,1-2H3,(H,29,30,31);1H3. The zero-order chi connectivity index (χ0) is 23.5. The molecular weight excluding hydrogens is 430 g/mol. The van der Waals surface area contributed by atoms with Gasteiger partial charge in [0.1, 0.15) is 0 Å². The highest BCUT2D eigenvalue weighted by Crippen LogP contribution is 2.22. The predicted octanol–water partition coefficient (Wildman–Crippen LogP) is 9.24. The summed E-state index contributed by atoms with van der Waals surface area (Å²) in [6.07, 6.45) is 24.7. The van der Waals surface area contributed by atoms with Gasteiger partial charge in [0, 0.05) is 0 Å². The van der Waals surface area contributed by atoms with Gasteiger partial charge in [-0.2, -0.15) is 8.42 Å². The summed E-state index contributed by atoms with van der Waals surface area (Å²) in [7, 11) is -4.15. The third kappa shape index (κ3) is 16.4. The first kappa shape index (κ1) is 32.1. The Bertz CT molecular complexity index is 688. The van der Waals surface area contributed by atoms with Gasteiger partial charge in [0.2, 0.25) is 0 Å². The smallest absolute Gasteiger partial charge is 0.294 e. The van der Waals surface area contributed by atoms with E-state index in [1.807, 2.05) is 12.1 Å². The van der Waals surface area contributed by atoms with E-state index in [0.717, 1.165) is 37.7 Å². The lowest BCUT2D eigenvalue weighted by Gasteiger charge is -2.10. The second-order valence-electron chi connectivity index (χ2n) is 9.57. The van der Waals surface area contributed by atoms with Crippen molar-refractivity contribution in [3.8, 4) is 0 Å². The molecule has 0 atom stereocenters. The van der Waals surface area contributed by atoms with E-state index in [4.69, 9.17) is 0 Å². The van der Waals surface area contributed by atoms with E-state index < -0.39 is 10.1 Å². The van der Waals surface area contributed by atoms with Crippen LogP contribution >= 0.6 is 0 Å². The molecule has 0 radical (unpaired) electrons. The fourth-order valence-electron chi connectivity index (χ4n) is 4.50. The molecule has 0 aliphatic heterocycles. The molecule has 0 aliphatic carbocycles. The average Bonchev–Trinajstić information content (AvgIpc) is 2.76. The maximum Gasteiger partial charge on any atom is 0.294 e. The molecule has 4 N–H and O–H groups in total. The van der Waals surface area contributed by atoms with Crippen LogP contribution in [0.1, 0.15) is 141 Å². The fourth-order valence-corrected chi connectivity index (χ4v) is 5.23. The number of unbranched alkanes of at least 4 members (excludes halogenated alkanes) is 16. The van der Waals surface area contributed by atoms with Crippen LogP contribution in [0.4, 0.5) is 0 Å². The quantitative estimate of drug-likeness (QED) is 0.135. The number of hydrogen-bond acceptors (Lipinski definition) is 3. The van der Waals surface area contributed by atoms with Gasteiger partial charge in [-0.05, 0) is 42.9 Å². The minimum atomic E-state index is -4.15. The van der Waals surface area contributed by atoms with Gasteiger partial charge >= 0.3 is 0 Å². The van der Waals surface area contributed by atoms with Gasteiger partial charge in [0.05, 0.1) is 4.90 Å². The third-order valence-electron chi connectivity index (χ3n) is 6.52. The van der Waals surface area contributed by atoms with Crippen LogP contribution in [0.5, 0.6) is 0 Å². The summed E-state index contributed by atoms with van der Waals surface area (Å²) in [5, 5.41) is 0. The van der Waals surface area contributed by atoms with Crippen LogP contribution in [0.25, 0.3) is 0 Å². The van der Waals surface area contributed by atoms with Crippen LogP contribution in [0, 0.1) is 0 Å². The molecule has 194 valence electrons. The molecule has 0 bridgehead atoms. The Morgan fingerprint density at radius 2 is 1.00 bits per heavy atom. The SMILES string of the molecule is CCCCCCCCCCCc1ccc(S(=O)(=O)O)c(CCCCCCCCCCC)c1.N. The Labute approximate surface area is 205 Å². The van der Waals surface area contributed by atoms with Gasteiger partial charge in [-0.1, -0.05) is 129 Å². The molecule has 0 spiro atoms. The summed E-state index contributed by atoms with van der Waals surface area (Å²) in [5.41, 5.74) is 2.00. The number of rotatable bonds is 21. The van der Waals surface area contributed by atoms with Crippen molar-refractivity contribution < 1.29 is 13.0 Å². The van der Waals surface area contributed by atoms with E-state index in [9.17, 15) is 13.0 Å². The molecule has 33 heavy (non-hydrogen) atoms. The van der Waals surface area contributed by atoms with E-state index in [-0.39, 0.29) is 11.0 Å². The maximum absolute atomic E-state index is 11.8. The van der Waals surface area contributed by atoms with Crippen molar-refractivity contribution >= 4 is 10.1 Å². The van der Waals surface area contributed by atoms with E-state index in [2.05, 4.69) is 13.8 Å². The Morgan fingerprint density at radius 3 is 1.42 bits per heavy atom. The first-order valence-electron chi connectivity index (χ1n) is 13.6. The highest BCUT2D eigenvalue weighted by molar-refractivity contribution is 7.85. The molecule has 5 heteroatoms. The van der Waals surface area contributed by atoms with E-state index in [0.29, 0.717) is 0 Å². The minimum Gasteiger partial charge on any atom is -0.344 e. The normalized spacial score (nSPS) is 11.5. The summed E-state index contributed by atoms with van der Waals surface area (Å²) >= 11 is 0. The number of aryl methyl sites for hydroxylation is 2. The van der Waals surface area contributed by atoms with Crippen molar-refractivity contribution in [3.63, 3.8) is 0 Å². The molecule has 0 heterocycles. The highest BCUT2D eigenvalue weighted by atomic mass is 32.2. The first-order chi connectivity index (χ1) is 15.5. The molecule has 0 amide bonds. The van der Waals surface area contributed by atoms with Crippen molar-refractivity contribution in [1.82, 2.24) is 6.15 Å². The lowest BCUT2D eigenvalue weighted by atomic mass is 9.99. The Balaban J connectivity index is 0.0000102. The first-order valence-corrected chi connectivity index (χ1v) is 15.0. The fraction of sp³-hybridized carbons (Fsp3) is 0.786. The zero-order valence-electron chi connectivity index (χ0n) is 21.8. The molecule has 0 unspecified atom stereocenters. The highest BCUT2D eigenvalue weighted by Gasteiger charge is 2.15. The van der Waals surface area contributed by atoms with E-state index in [1.54, 1.807) is 6.07 Å². The molecule has 1 aromatic carbocycles. The molecule has 1 aromatic rings. The number of benzene rings is 1. The second-order valence-corrected chi connectivity index (χ2v) is 11.0. The Hall–Kier alpha value is -0.910. The van der Waals surface area contributed by atoms with Crippen LogP contribution in [-0.4, -0.2) is 13.0 Å². The second kappa shape index (κ2) is 20.5. The maximum atomic E-state index is 11.8. The van der Waals surface area contributed by atoms with Gasteiger partial charge in [-0.25, -0.2) is 0 Å². The lowest BCUT2D eigenvalue weighted by Crippen LogP contribution is -2.04. The Morgan fingerprint density at radius 1 is 0.606 bits per heavy atom. The van der Waals surface area contributed by atoms with Crippen LogP contribution in [0.15, 0.2) is 23.1 Å². The summed E-state index contributed by atoms with van der Waals surface area (Å²) < 4.78 is 33.2. The van der Waals surface area contributed by atoms with Gasteiger partial charge in [-0.3, -0.25) is 4.55 Å². The van der Waals surface area contributed by atoms with Crippen molar-refractivity contribution in [2.45, 2.75) is 147 Å². The molecule has 0 fully saturated rings. The van der Waals surface area contributed by atoms with Gasteiger partial charge in [0.15, 0.2) is 0 Å². The molecule has 1 rings (SSSR count). The van der Waals surface area contributed by atoms with Crippen LogP contribution in [0.2, 0.25) is 0 Å². The summed E-state index contributed by atoms with van der Waals surface area (Å²) in [5.74, 6) is 0. The molecule has 0 saturated heterocycles. The predicted molar refractivity (Wildman–Crippen MR) is 143 cm³/mol. The zero-order valence-corrected chi connectivity index (χ0v) is 22.6. The van der Waals surface area contributed by atoms with Crippen molar-refractivity contribution in [2.75, 3.05) is 0 Å². The minimum absolute atomic E-state index is 0. The summed E-state index contributed by atoms with van der Waals surface area (Å²) in [6, 6.07) is 5.52. The van der Waals surface area contributed by atoms with E-state index >= 15 is 0 Å². The average molecular weight is 484 g/mol. The lowest BCUT2D eigenvalue weighted by molar-refractivity contribution is 0.481. The largest absolute Gasteiger partial charge is 0.344 e. The summed E-state index contributed by atoms with van der Waals surface area (Å²) in [4.78, 5) is 0.105. The van der Waals surface area contributed by atoms with Crippen LogP contribution in [0.3, 0.4) is 0 Å². The third-order valence-corrected chi connectivity index (χ3v) is 7.48. The molecule has 0 aliphatic rings. The van der Waals surface area contributed by atoms with Crippen LogP contribution in [-0.2, 0) is 23.0 Å². The molecule has 0 aromatic heterocycles. The molecule has 4 nitrogen and oxygen atoms in total. The topological polar surface area (TPSA) is 89.4 Å². The van der Waals surface area contributed by atoms with Gasteiger partial charge in [0.25, 0.3) is 10.1 Å². The van der Waals surface area contributed by atoms with Crippen LogP contribution < -0.4 is 6.15 Å². The molecule has 0 saturated carbocycles. The Kier molecular flexibility index (Phi) is 19.9. The van der Waals surface area contributed by atoms with Crippen molar-refractivity contribution in [2.24, 2.45) is 0 Å². The monoisotopic (exact) mass is 483 g/mol. The van der Waals surface area contributed by atoms with E-state index in [1.165, 1.54) is 102 Å². The number of hydrogen-bond donors (Lipinski definition) is 2. The van der Waals surface area contributed by atoms with Crippen molar-refractivity contribution in [3.05, 3.63) is 29.3 Å². The summed E-state index contributed by atoms with van der Waals surface area (Å²) in [6.45, 7) is 4.50. The van der Waals surface area contributed by atoms with Gasteiger partial charge < -0.3 is 6.15 Å². The molecular formula is C28H53NO3S. The van der Waals surface area contributed by atoms with Crippen molar-refractivity contribution in [1.29, 1.82) is 0 Å².